The molecule has 1 aromatic heterocycles. The molecule has 0 bridgehead atoms. The molecule has 12 nitrogen and oxygen atoms in total. The van der Waals surface area contributed by atoms with Crippen LogP contribution in [0.1, 0.15) is 36.0 Å². The van der Waals surface area contributed by atoms with Gasteiger partial charge in [-0.05, 0) is 90.5 Å². The van der Waals surface area contributed by atoms with Gasteiger partial charge in [0.05, 0.1) is 17.6 Å². The van der Waals surface area contributed by atoms with Gasteiger partial charge in [-0.3, -0.25) is 19.7 Å². The number of H-pyrrole nitrogens is 1. The predicted molar refractivity (Wildman–Crippen MR) is 236 cm³/mol. The molecule has 6 aromatic rings. The molecule has 1 aliphatic rings. The number of para-hydroxylation sites is 1. The lowest BCUT2D eigenvalue weighted by Gasteiger charge is -2.31. The van der Waals surface area contributed by atoms with Gasteiger partial charge in [-0.15, -0.1) is 0 Å². The van der Waals surface area contributed by atoms with Gasteiger partial charge in [0.15, 0.2) is 0 Å². The van der Waals surface area contributed by atoms with Crippen LogP contribution in [-0.2, 0) is 33.7 Å². The Balaban J connectivity index is 0.804. The molecule has 12 heteroatoms. The van der Waals surface area contributed by atoms with Crippen molar-refractivity contribution in [3.05, 3.63) is 154 Å². The zero-order chi connectivity index (χ0) is 41.8. The Hall–Kier alpha value is -6.76. The van der Waals surface area contributed by atoms with E-state index < -0.39 is 6.09 Å². The Labute approximate surface area is 349 Å². The largest absolute Gasteiger partial charge is 0.506 e. The molecule has 0 unspecified atom stereocenters. The molecule has 7 rings (SSSR count). The van der Waals surface area contributed by atoms with Crippen molar-refractivity contribution in [3.8, 4) is 16.9 Å². The molecule has 1 aliphatic heterocycles. The smallest absolute Gasteiger partial charge is 0.411 e. The van der Waals surface area contributed by atoms with Crippen molar-refractivity contribution in [2.24, 2.45) is 0 Å². The van der Waals surface area contributed by atoms with Gasteiger partial charge in [-0.1, -0.05) is 78.9 Å². The lowest BCUT2D eigenvalue weighted by atomic mass is 10.0. The highest BCUT2D eigenvalue weighted by Crippen LogP contribution is 2.28. The van der Waals surface area contributed by atoms with Crippen LogP contribution in [-0.4, -0.2) is 72.2 Å². The van der Waals surface area contributed by atoms with Gasteiger partial charge in [0.1, 0.15) is 11.9 Å². The third-order valence-corrected chi connectivity index (χ3v) is 10.8. The molecule has 0 aliphatic carbocycles. The second-order valence-electron chi connectivity index (χ2n) is 15.1. The Morgan fingerprint density at radius 3 is 2.40 bits per heavy atom. The maximum atomic E-state index is 13.2. The summed E-state index contributed by atoms with van der Waals surface area (Å²) >= 11 is 0. The van der Waals surface area contributed by atoms with Crippen molar-refractivity contribution in [1.82, 2.24) is 15.2 Å². The van der Waals surface area contributed by atoms with E-state index in [0.717, 1.165) is 52.0 Å². The molecule has 0 spiro atoms. The van der Waals surface area contributed by atoms with Crippen LogP contribution in [0.25, 0.3) is 22.0 Å². The highest BCUT2D eigenvalue weighted by molar-refractivity contribution is 5.95. The number of carbonyl (C=O) groups is 3. The molecule has 1 fully saturated rings. The average molecular weight is 807 g/mol. The summed E-state index contributed by atoms with van der Waals surface area (Å²) < 4.78 is 5.78. The van der Waals surface area contributed by atoms with Gasteiger partial charge in [-0.25, -0.2) is 4.79 Å². The zero-order valence-electron chi connectivity index (χ0n) is 33.7. The van der Waals surface area contributed by atoms with E-state index in [0.29, 0.717) is 62.2 Å². The molecule has 2 heterocycles. The topological polar surface area (TPSA) is 156 Å². The molecule has 308 valence electrons. The fourth-order valence-corrected chi connectivity index (χ4v) is 7.51. The number of amides is 3. The minimum absolute atomic E-state index is 0.0209. The fourth-order valence-electron chi connectivity index (χ4n) is 7.51. The number of benzene rings is 5. The molecular formula is C48H50N6O6. The maximum Gasteiger partial charge on any atom is 0.411 e. The fraction of sp³-hybridized carbons (Fsp3) is 0.250. The number of phenolic OH excluding ortho intramolecular Hbond substituents is 1. The summed E-state index contributed by atoms with van der Waals surface area (Å²) in [6, 6.07) is 39.4. The Morgan fingerprint density at radius 2 is 1.60 bits per heavy atom. The van der Waals surface area contributed by atoms with E-state index in [9.17, 15) is 24.3 Å². The first kappa shape index (κ1) is 41.4. The van der Waals surface area contributed by atoms with E-state index in [1.807, 2.05) is 109 Å². The molecule has 5 N–H and O–H groups in total. The summed E-state index contributed by atoms with van der Waals surface area (Å²) in [4.78, 5) is 57.3. The highest BCUT2D eigenvalue weighted by Gasteiger charge is 2.24. The molecule has 0 radical (unpaired) electrons. The van der Waals surface area contributed by atoms with Crippen LogP contribution in [0.15, 0.2) is 132 Å². The van der Waals surface area contributed by atoms with Gasteiger partial charge in [0.25, 0.3) is 0 Å². The quantitative estimate of drug-likeness (QED) is 0.0670. The molecule has 0 atom stereocenters. The van der Waals surface area contributed by atoms with E-state index in [4.69, 9.17) is 4.74 Å². The number of piperidine rings is 1. The third kappa shape index (κ3) is 11.0. The van der Waals surface area contributed by atoms with Gasteiger partial charge in [0.2, 0.25) is 17.4 Å². The van der Waals surface area contributed by atoms with Crippen molar-refractivity contribution in [2.45, 2.75) is 44.8 Å². The number of phenols is 1. The lowest BCUT2D eigenvalue weighted by molar-refractivity contribution is -0.118. The maximum absolute atomic E-state index is 13.2. The number of aromatic nitrogens is 1. The van der Waals surface area contributed by atoms with E-state index in [1.165, 1.54) is 6.07 Å². The number of hydrogen-bond donors (Lipinski definition) is 5. The Kier molecular flexibility index (Phi) is 13.7. The monoisotopic (exact) mass is 806 g/mol. The SMILES string of the molecule is CN(C(=O)CCN1CCC(OC(=O)Nc2ccccc2-c2ccccc2)CC1)c1cccc(CC(=O)Nc2ccc(CNCCc3ccc(O)c4[nH]c(=O)ccc34)cc2)c1. The highest BCUT2D eigenvalue weighted by atomic mass is 16.6. The van der Waals surface area contributed by atoms with Crippen molar-refractivity contribution in [2.75, 3.05) is 48.8 Å². The number of carbonyl (C=O) groups excluding carboxylic acids is 3. The number of rotatable bonds is 15. The molecule has 60 heavy (non-hydrogen) atoms. The van der Waals surface area contributed by atoms with Crippen LogP contribution in [0.3, 0.4) is 0 Å². The van der Waals surface area contributed by atoms with E-state index >= 15 is 0 Å². The first-order valence-electron chi connectivity index (χ1n) is 20.3. The standard InChI is InChI=1S/C48H50N6O6/c1-53(46(58)25-29-54-27-23-39(24-28-54)60-48(59)51-42-13-6-5-12-40(42)35-9-3-2-4-10-35)38-11-7-8-34(30-38)31-45(57)50-37-17-14-33(15-18-37)32-49-26-22-36-16-20-43(55)47-41(36)19-21-44(56)52-47/h2-21,30,39,49,55H,22-29,31-32H2,1H3,(H,50,57)(H,51,59)(H,52,56). The van der Waals surface area contributed by atoms with Crippen molar-refractivity contribution < 1.29 is 24.2 Å². The van der Waals surface area contributed by atoms with Crippen LogP contribution >= 0.6 is 0 Å². The number of anilines is 3. The summed E-state index contributed by atoms with van der Waals surface area (Å²) in [5, 5.41) is 20.3. The first-order valence-corrected chi connectivity index (χ1v) is 20.3. The summed E-state index contributed by atoms with van der Waals surface area (Å²) in [6.45, 7) is 3.39. The van der Waals surface area contributed by atoms with Crippen LogP contribution in [0.4, 0.5) is 21.9 Å². The van der Waals surface area contributed by atoms with Crippen LogP contribution in [0.2, 0.25) is 0 Å². The second-order valence-corrected chi connectivity index (χ2v) is 15.1. The van der Waals surface area contributed by atoms with E-state index in [-0.39, 0.29) is 35.6 Å². The second kappa shape index (κ2) is 19.8. The number of likely N-dealkylation sites (tertiary alicyclic amines) is 1. The summed E-state index contributed by atoms with van der Waals surface area (Å²) in [7, 11) is 1.75. The summed E-state index contributed by atoms with van der Waals surface area (Å²) in [5.41, 5.74) is 7.14. The number of hydrogen-bond acceptors (Lipinski definition) is 8. The minimum Gasteiger partial charge on any atom is -0.506 e. The number of fused-ring (bicyclic) bond motifs is 1. The van der Waals surface area contributed by atoms with E-state index in [2.05, 4.69) is 25.8 Å². The van der Waals surface area contributed by atoms with Crippen molar-refractivity contribution >= 4 is 45.9 Å². The number of aromatic hydroxyl groups is 1. The number of nitrogens with one attached hydrogen (secondary N) is 4. The van der Waals surface area contributed by atoms with Crippen LogP contribution in [0.5, 0.6) is 5.75 Å². The third-order valence-electron chi connectivity index (χ3n) is 10.8. The summed E-state index contributed by atoms with van der Waals surface area (Å²) in [5.74, 6) is -0.126. The molecule has 1 saturated heterocycles. The van der Waals surface area contributed by atoms with Crippen LogP contribution < -0.4 is 26.4 Å². The minimum atomic E-state index is -0.469. The van der Waals surface area contributed by atoms with Crippen molar-refractivity contribution in [3.63, 3.8) is 0 Å². The van der Waals surface area contributed by atoms with Gasteiger partial charge in [-0.2, -0.15) is 0 Å². The molecule has 5 aromatic carbocycles. The molecule has 0 saturated carbocycles. The van der Waals surface area contributed by atoms with Gasteiger partial charge in [0, 0.05) is 68.0 Å². The Morgan fingerprint density at radius 1 is 0.833 bits per heavy atom. The Bertz CT molecular complexity index is 2480. The van der Waals surface area contributed by atoms with Crippen molar-refractivity contribution in [1.29, 1.82) is 0 Å². The lowest BCUT2D eigenvalue weighted by Crippen LogP contribution is -2.40. The number of aromatic amines is 1. The van der Waals surface area contributed by atoms with Crippen LogP contribution in [0, 0.1) is 0 Å². The average Bonchev–Trinajstić information content (AvgIpc) is 3.26. The number of nitrogens with zero attached hydrogens (tertiary/aromatic N) is 2. The zero-order valence-corrected chi connectivity index (χ0v) is 33.7. The summed E-state index contributed by atoms with van der Waals surface area (Å²) in [6.07, 6.45) is 1.93. The number of ether oxygens (including phenoxy) is 1. The van der Waals surface area contributed by atoms with E-state index in [1.54, 1.807) is 24.1 Å². The van der Waals surface area contributed by atoms with Gasteiger partial charge < -0.3 is 35.3 Å². The first-order chi connectivity index (χ1) is 29.2. The number of pyridine rings is 1. The molecular weight excluding hydrogens is 757 g/mol. The normalized spacial score (nSPS) is 13.2. The molecule has 3 amide bonds. The predicted octanol–water partition coefficient (Wildman–Crippen LogP) is 7.48. The van der Waals surface area contributed by atoms with Gasteiger partial charge >= 0.3 is 6.09 Å².